The van der Waals surface area contributed by atoms with Gasteiger partial charge in [-0.15, -0.1) is 0 Å². The molecule has 0 bridgehead atoms. The SMILES string of the molecule is c1ccc(-c2cc3ccc4cnccc4c3[nH]2)cc1. The molecule has 2 nitrogen and oxygen atoms in total. The number of aromatic amines is 1. The van der Waals surface area contributed by atoms with Crippen molar-refractivity contribution in [3.63, 3.8) is 0 Å². The summed E-state index contributed by atoms with van der Waals surface area (Å²) >= 11 is 0. The van der Waals surface area contributed by atoms with E-state index in [9.17, 15) is 0 Å². The Labute approximate surface area is 110 Å². The zero-order valence-corrected chi connectivity index (χ0v) is 10.3. The molecule has 1 N–H and O–H groups in total. The summed E-state index contributed by atoms with van der Waals surface area (Å²) in [7, 11) is 0. The minimum absolute atomic E-state index is 1.15. The Hall–Kier alpha value is -2.61. The standard InChI is InChI=1S/C17H12N2/c1-2-4-12(5-3-1)16-10-13-6-7-14-11-18-9-8-15(14)17(13)19-16/h1-11,19H. The quantitative estimate of drug-likeness (QED) is 0.528. The van der Waals surface area contributed by atoms with Gasteiger partial charge in [0.15, 0.2) is 0 Å². The van der Waals surface area contributed by atoms with Gasteiger partial charge in [0.25, 0.3) is 0 Å². The zero-order chi connectivity index (χ0) is 12.7. The van der Waals surface area contributed by atoms with Crippen molar-refractivity contribution in [2.45, 2.75) is 0 Å². The van der Waals surface area contributed by atoms with Crippen LogP contribution in [0.25, 0.3) is 32.9 Å². The van der Waals surface area contributed by atoms with E-state index in [1.807, 2.05) is 18.5 Å². The van der Waals surface area contributed by atoms with E-state index in [4.69, 9.17) is 0 Å². The number of benzene rings is 2. The van der Waals surface area contributed by atoms with Crippen molar-refractivity contribution in [3.8, 4) is 11.3 Å². The van der Waals surface area contributed by atoms with Gasteiger partial charge in [0.2, 0.25) is 0 Å². The maximum atomic E-state index is 4.17. The monoisotopic (exact) mass is 244 g/mol. The first kappa shape index (κ1) is 10.3. The van der Waals surface area contributed by atoms with E-state index < -0.39 is 0 Å². The highest BCUT2D eigenvalue weighted by Crippen LogP contribution is 2.28. The molecular formula is C17H12N2. The topological polar surface area (TPSA) is 28.7 Å². The van der Waals surface area contributed by atoms with Gasteiger partial charge in [-0.05, 0) is 17.7 Å². The maximum Gasteiger partial charge on any atom is 0.0539 e. The number of nitrogens with zero attached hydrogens (tertiary/aromatic N) is 1. The van der Waals surface area contributed by atoms with Gasteiger partial charge in [0.1, 0.15) is 0 Å². The largest absolute Gasteiger partial charge is 0.354 e. The van der Waals surface area contributed by atoms with E-state index in [-0.39, 0.29) is 0 Å². The normalized spacial score (nSPS) is 11.2. The molecule has 0 aliphatic carbocycles. The van der Waals surface area contributed by atoms with Gasteiger partial charge in [-0.1, -0.05) is 42.5 Å². The Morgan fingerprint density at radius 1 is 0.842 bits per heavy atom. The van der Waals surface area contributed by atoms with Crippen LogP contribution in [0.15, 0.2) is 67.0 Å². The molecule has 2 aromatic heterocycles. The van der Waals surface area contributed by atoms with E-state index in [1.54, 1.807) is 0 Å². The van der Waals surface area contributed by atoms with Crippen LogP contribution in [0, 0.1) is 0 Å². The lowest BCUT2D eigenvalue weighted by molar-refractivity contribution is 1.36. The second-order valence-electron chi connectivity index (χ2n) is 4.68. The average molecular weight is 244 g/mol. The summed E-state index contributed by atoms with van der Waals surface area (Å²) in [4.78, 5) is 7.70. The van der Waals surface area contributed by atoms with Crippen molar-refractivity contribution in [3.05, 3.63) is 67.0 Å². The number of hydrogen-bond acceptors (Lipinski definition) is 1. The first-order valence-electron chi connectivity index (χ1n) is 6.33. The summed E-state index contributed by atoms with van der Waals surface area (Å²) in [6.07, 6.45) is 3.74. The van der Waals surface area contributed by atoms with Gasteiger partial charge in [0, 0.05) is 34.2 Å². The molecule has 4 aromatic rings. The number of nitrogens with one attached hydrogen (secondary N) is 1. The summed E-state index contributed by atoms with van der Waals surface area (Å²) in [5, 5.41) is 3.61. The molecule has 0 saturated carbocycles. The number of rotatable bonds is 1. The molecule has 0 amide bonds. The third-order valence-electron chi connectivity index (χ3n) is 3.50. The van der Waals surface area contributed by atoms with Gasteiger partial charge in [-0.3, -0.25) is 4.98 Å². The molecule has 0 aliphatic heterocycles. The Morgan fingerprint density at radius 3 is 2.58 bits per heavy atom. The van der Waals surface area contributed by atoms with Gasteiger partial charge in [0.05, 0.1) is 5.52 Å². The van der Waals surface area contributed by atoms with E-state index >= 15 is 0 Å². The number of fused-ring (bicyclic) bond motifs is 3. The van der Waals surface area contributed by atoms with Crippen LogP contribution >= 0.6 is 0 Å². The summed E-state index contributed by atoms with van der Waals surface area (Å²) in [6.45, 7) is 0. The molecule has 0 spiro atoms. The smallest absolute Gasteiger partial charge is 0.0539 e. The fourth-order valence-corrected chi connectivity index (χ4v) is 2.54. The lowest BCUT2D eigenvalue weighted by atomic mass is 10.1. The molecule has 0 aliphatic rings. The Balaban J connectivity index is 2.04. The molecule has 0 fully saturated rings. The van der Waals surface area contributed by atoms with Crippen LogP contribution < -0.4 is 0 Å². The molecule has 0 saturated heterocycles. The first-order valence-corrected chi connectivity index (χ1v) is 6.33. The highest BCUT2D eigenvalue weighted by molar-refractivity contribution is 6.06. The highest BCUT2D eigenvalue weighted by Gasteiger charge is 2.05. The number of hydrogen-bond donors (Lipinski definition) is 1. The van der Waals surface area contributed by atoms with Crippen molar-refractivity contribution in [2.75, 3.05) is 0 Å². The van der Waals surface area contributed by atoms with E-state index in [2.05, 4.69) is 58.5 Å². The summed E-state index contributed by atoms with van der Waals surface area (Å²) in [5.41, 5.74) is 3.54. The first-order chi connectivity index (χ1) is 9.42. The van der Waals surface area contributed by atoms with Gasteiger partial charge < -0.3 is 4.98 Å². The molecule has 4 rings (SSSR count). The van der Waals surface area contributed by atoms with Gasteiger partial charge in [-0.2, -0.15) is 0 Å². The average Bonchev–Trinajstić information content (AvgIpc) is 2.93. The van der Waals surface area contributed by atoms with E-state index in [1.165, 1.54) is 21.9 Å². The Morgan fingerprint density at radius 2 is 1.68 bits per heavy atom. The molecular weight excluding hydrogens is 232 g/mol. The predicted molar refractivity (Wildman–Crippen MR) is 79.0 cm³/mol. The van der Waals surface area contributed by atoms with Crippen LogP contribution in [-0.4, -0.2) is 9.97 Å². The van der Waals surface area contributed by atoms with Gasteiger partial charge in [-0.25, -0.2) is 0 Å². The third-order valence-corrected chi connectivity index (χ3v) is 3.50. The Kier molecular flexibility index (Phi) is 2.15. The third kappa shape index (κ3) is 1.61. The molecule has 19 heavy (non-hydrogen) atoms. The fraction of sp³-hybridized carbons (Fsp3) is 0. The van der Waals surface area contributed by atoms with Crippen molar-refractivity contribution in [1.29, 1.82) is 0 Å². The number of aromatic nitrogens is 2. The Bertz CT molecular complexity index is 860. The van der Waals surface area contributed by atoms with Crippen LogP contribution in [0.2, 0.25) is 0 Å². The zero-order valence-electron chi connectivity index (χ0n) is 10.3. The van der Waals surface area contributed by atoms with E-state index in [0.717, 1.165) is 11.1 Å². The second-order valence-corrected chi connectivity index (χ2v) is 4.68. The predicted octanol–water partition coefficient (Wildman–Crippen LogP) is 4.38. The van der Waals surface area contributed by atoms with Crippen molar-refractivity contribution < 1.29 is 0 Å². The summed E-state index contributed by atoms with van der Waals surface area (Å²) in [5.74, 6) is 0. The fourth-order valence-electron chi connectivity index (χ4n) is 2.54. The lowest BCUT2D eigenvalue weighted by Gasteiger charge is -1.98. The van der Waals surface area contributed by atoms with E-state index in [0.29, 0.717) is 0 Å². The van der Waals surface area contributed by atoms with Gasteiger partial charge >= 0.3 is 0 Å². The van der Waals surface area contributed by atoms with Crippen LogP contribution in [0.4, 0.5) is 0 Å². The molecule has 2 heteroatoms. The maximum absolute atomic E-state index is 4.17. The van der Waals surface area contributed by atoms with Crippen LogP contribution in [0.1, 0.15) is 0 Å². The van der Waals surface area contributed by atoms with Crippen LogP contribution in [-0.2, 0) is 0 Å². The summed E-state index contributed by atoms with van der Waals surface area (Å²) < 4.78 is 0. The molecule has 0 atom stereocenters. The van der Waals surface area contributed by atoms with Crippen LogP contribution in [0.5, 0.6) is 0 Å². The van der Waals surface area contributed by atoms with Crippen molar-refractivity contribution >= 4 is 21.7 Å². The summed E-state index contributed by atoms with van der Waals surface area (Å²) in [6, 6.07) is 18.9. The molecule has 90 valence electrons. The molecule has 0 radical (unpaired) electrons. The number of pyridine rings is 1. The number of H-pyrrole nitrogens is 1. The van der Waals surface area contributed by atoms with Crippen LogP contribution in [0.3, 0.4) is 0 Å². The lowest BCUT2D eigenvalue weighted by Crippen LogP contribution is -1.78. The second kappa shape index (κ2) is 3.95. The highest BCUT2D eigenvalue weighted by atomic mass is 14.7. The molecule has 2 aromatic carbocycles. The minimum atomic E-state index is 1.15. The molecule has 0 unspecified atom stereocenters. The van der Waals surface area contributed by atoms with Crippen molar-refractivity contribution in [1.82, 2.24) is 9.97 Å². The minimum Gasteiger partial charge on any atom is -0.354 e. The molecule has 2 heterocycles. The van der Waals surface area contributed by atoms with Crippen molar-refractivity contribution in [2.24, 2.45) is 0 Å².